The minimum Gasteiger partial charge on any atom is -0.455 e. The minimum atomic E-state index is -0.157. The number of aliphatic hydroxyl groups is 1. The number of thioether (sulfide) groups is 1. The number of carbonyl (C=O) groups is 1. The van der Waals surface area contributed by atoms with E-state index in [1.807, 2.05) is 23.9 Å². The third-order valence-electron chi connectivity index (χ3n) is 4.45. The Balaban J connectivity index is 1.49. The Morgan fingerprint density at radius 2 is 2.21 bits per heavy atom. The second-order valence-electron chi connectivity index (χ2n) is 6.25. The van der Waals surface area contributed by atoms with Crippen molar-refractivity contribution in [3.63, 3.8) is 0 Å². The van der Waals surface area contributed by atoms with Crippen LogP contribution in [0.2, 0.25) is 0 Å². The average Bonchev–Trinajstić information content (AvgIpc) is 3.22. The van der Waals surface area contributed by atoms with Crippen molar-refractivity contribution >= 4 is 17.7 Å². The third kappa shape index (κ3) is 4.21. The van der Waals surface area contributed by atoms with Crippen LogP contribution in [0.3, 0.4) is 0 Å². The van der Waals surface area contributed by atoms with E-state index >= 15 is 0 Å². The molecule has 0 bridgehead atoms. The molecule has 1 aliphatic carbocycles. The molecule has 6 nitrogen and oxygen atoms in total. The normalized spacial score (nSPS) is 20.9. The number of aliphatic hydroxyl groups excluding tert-OH is 1. The van der Waals surface area contributed by atoms with Crippen LogP contribution in [0.5, 0.6) is 0 Å². The molecule has 130 valence electrons. The molecule has 0 saturated heterocycles. The van der Waals surface area contributed by atoms with E-state index in [1.165, 1.54) is 0 Å². The van der Waals surface area contributed by atoms with E-state index in [-0.39, 0.29) is 18.6 Å². The summed E-state index contributed by atoms with van der Waals surface area (Å²) in [4.78, 5) is 16.5. The molecular weight excluding hydrogens is 326 g/mol. The summed E-state index contributed by atoms with van der Waals surface area (Å²) >= 11 is 1.57. The lowest BCUT2D eigenvalue weighted by Gasteiger charge is -2.27. The molecule has 0 atom stereocenters. The Labute approximate surface area is 145 Å². The molecule has 1 saturated carbocycles. The summed E-state index contributed by atoms with van der Waals surface area (Å²) in [6, 6.07) is 3.74. The summed E-state index contributed by atoms with van der Waals surface area (Å²) in [7, 11) is 1.95. The number of nitrogens with zero attached hydrogens (tertiary/aromatic N) is 2. The van der Waals surface area contributed by atoms with Gasteiger partial charge in [0.25, 0.3) is 5.91 Å². The van der Waals surface area contributed by atoms with Gasteiger partial charge in [0, 0.05) is 32.1 Å². The van der Waals surface area contributed by atoms with Crippen LogP contribution in [-0.4, -0.2) is 33.2 Å². The van der Waals surface area contributed by atoms with Crippen molar-refractivity contribution in [3.05, 3.63) is 36.0 Å². The number of imidazole rings is 1. The lowest BCUT2D eigenvalue weighted by Crippen LogP contribution is -2.37. The number of hydrogen-bond donors (Lipinski definition) is 2. The molecule has 3 rings (SSSR count). The molecule has 1 fully saturated rings. The molecule has 2 aromatic rings. The average molecular weight is 349 g/mol. The van der Waals surface area contributed by atoms with Crippen molar-refractivity contribution in [1.82, 2.24) is 14.9 Å². The summed E-state index contributed by atoms with van der Waals surface area (Å²) in [6.45, 7) is 0.246. The summed E-state index contributed by atoms with van der Waals surface area (Å²) in [5.74, 6) is 1.98. The second-order valence-corrected chi connectivity index (χ2v) is 7.19. The highest BCUT2D eigenvalue weighted by Crippen LogP contribution is 2.25. The molecule has 0 unspecified atom stereocenters. The van der Waals surface area contributed by atoms with E-state index in [2.05, 4.69) is 10.3 Å². The molecule has 7 heteroatoms. The molecule has 2 heterocycles. The van der Waals surface area contributed by atoms with Gasteiger partial charge >= 0.3 is 0 Å². The zero-order chi connectivity index (χ0) is 16.9. The maximum absolute atomic E-state index is 12.3. The van der Waals surface area contributed by atoms with E-state index in [4.69, 9.17) is 9.52 Å². The predicted octanol–water partition coefficient (Wildman–Crippen LogP) is 2.59. The van der Waals surface area contributed by atoms with Crippen LogP contribution in [-0.2, 0) is 12.8 Å². The summed E-state index contributed by atoms with van der Waals surface area (Å²) in [5, 5.41) is 13.1. The van der Waals surface area contributed by atoms with Gasteiger partial charge < -0.3 is 19.4 Å². The molecule has 24 heavy (non-hydrogen) atoms. The van der Waals surface area contributed by atoms with Crippen LogP contribution >= 0.6 is 11.8 Å². The van der Waals surface area contributed by atoms with Gasteiger partial charge in [-0.3, -0.25) is 4.79 Å². The summed E-state index contributed by atoms with van der Waals surface area (Å²) in [6.07, 6.45) is 7.42. The number of aryl methyl sites for hydroxylation is 1. The first kappa shape index (κ1) is 17.1. The topological polar surface area (TPSA) is 80.3 Å². The monoisotopic (exact) mass is 349 g/mol. The second kappa shape index (κ2) is 7.90. The van der Waals surface area contributed by atoms with Gasteiger partial charge in [-0.2, -0.15) is 0 Å². The molecule has 0 spiro atoms. The Morgan fingerprint density at radius 3 is 2.88 bits per heavy atom. The van der Waals surface area contributed by atoms with Gasteiger partial charge in [0.1, 0.15) is 5.76 Å². The van der Waals surface area contributed by atoms with Gasteiger partial charge in [0.15, 0.2) is 10.9 Å². The summed E-state index contributed by atoms with van der Waals surface area (Å²) in [5.41, 5.74) is 0. The highest BCUT2D eigenvalue weighted by Gasteiger charge is 2.23. The molecule has 0 aliphatic heterocycles. The Bertz CT molecular complexity index is 674. The van der Waals surface area contributed by atoms with Crippen molar-refractivity contribution in [2.75, 3.05) is 6.61 Å². The standard InChI is InChI=1S/C17H23N3O3S/c1-20-9-8-18-17(20)24-11-14-6-7-15(23-14)16(22)19-13-4-2-12(10-21)3-5-13/h6-9,12-13,21H,2-5,10-11H2,1H3,(H,19,22). The number of rotatable bonds is 6. The summed E-state index contributed by atoms with van der Waals surface area (Å²) < 4.78 is 7.61. The number of carbonyl (C=O) groups excluding carboxylic acids is 1. The molecule has 1 aliphatic rings. The van der Waals surface area contributed by atoms with Crippen molar-refractivity contribution in [2.45, 2.75) is 42.6 Å². The maximum atomic E-state index is 12.3. The highest BCUT2D eigenvalue weighted by atomic mass is 32.2. The van der Waals surface area contributed by atoms with Crippen molar-refractivity contribution < 1.29 is 14.3 Å². The first-order chi connectivity index (χ1) is 11.7. The van der Waals surface area contributed by atoms with Gasteiger partial charge in [0.2, 0.25) is 0 Å². The zero-order valence-corrected chi connectivity index (χ0v) is 14.6. The molecule has 2 N–H and O–H groups in total. The molecule has 1 amide bonds. The first-order valence-electron chi connectivity index (χ1n) is 8.26. The third-order valence-corrected chi connectivity index (χ3v) is 5.53. The fraction of sp³-hybridized carbons (Fsp3) is 0.529. The number of aromatic nitrogens is 2. The SMILES string of the molecule is Cn1ccnc1SCc1ccc(C(=O)NC2CCC(CO)CC2)o1. The van der Waals surface area contributed by atoms with E-state index < -0.39 is 0 Å². The predicted molar refractivity (Wildman–Crippen MR) is 91.8 cm³/mol. The van der Waals surface area contributed by atoms with Crippen molar-refractivity contribution in [2.24, 2.45) is 13.0 Å². The highest BCUT2D eigenvalue weighted by molar-refractivity contribution is 7.98. The Hall–Kier alpha value is -1.73. The lowest BCUT2D eigenvalue weighted by molar-refractivity contribution is 0.0884. The van der Waals surface area contributed by atoms with Gasteiger partial charge in [-0.05, 0) is 43.7 Å². The Morgan fingerprint density at radius 1 is 1.42 bits per heavy atom. The van der Waals surface area contributed by atoms with Gasteiger partial charge in [-0.1, -0.05) is 11.8 Å². The van der Waals surface area contributed by atoms with Crippen LogP contribution in [0.15, 0.2) is 34.1 Å². The number of hydrogen-bond acceptors (Lipinski definition) is 5. The van der Waals surface area contributed by atoms with Crippen LogP contribution in [0, 0.1) is 5.92 Å². The Kier molecular flexibility index (Phi) is 5.63. The lowest BCUT2D eigenvalue weighted by atomic mass is 9.86. The quantitative estimate of drug-likeness (QED) is 0.784. The minimum absolute atomic E-state index is 0.157. The fourth-order valence-electron chi connectivity index (χ4n) is 2.95. The number of nitrogens with one attached hydrogen (secondary N) is 1. The van der Waals surface area contributed by atoms with Crippen molar-refractivity contribution in [3.8, 4) is 0 Å². The van der Waals surface area contributed by atoms with Crippen LogP contribution in [0.1, 0.15) is 42.0 Å². The van der Waals surface area contributed by atoms with E-state index in [1.54, 1.807) is 24.0 Å². The van der Waals surface area contributed by atoms with E-state index in [0.717, 1.165) is 36.6 Å². The molecular formula is C17H23N3O3S. The van der Waals surface area contributed by atoms with E-state index in [9.17, 15) is 4.79 Å². The first-order valence-corrected chi connectivity index (χ1v) is 9.25. The smallest absolute Gasteiger partial charge is 0.287 e. The van der Waals surface area contributed by atoms with Gasteiger partial charge in [-0.15, -0.1) is 0 Å². The molecule has 0 aromatic carbocycles. The molecule has 0 radical (unpaired) electrons. The van der Waals surface area contributed by atoms with E-state index in [0.29, 0.717) is 17.4 Å². The largest absolute Gasteiger partial charge is 0.455 e. The van der Waals surface area contributed by atoms with Crippen molar-refractivity contribution in [1.29, 1.82) is 0 Å². The maximum Gasteiger partial charge on any atom is 0.287 e. The van der Waals surface area contributed by atoms with Crippen LogP contribution in [0.25, 0.3) is 0 Å². The fourth-order valence-corrected chi connectivity index (χ4v) is 3.78. The number of amides is 1. The van der Waals surface area contributed by atoms with Crippen LogP contribution < -0.4 is 5.32 Å². The number of furan rings is 1. The van der Waals surface area contributed by atoms with Crippen LogP contribution in [0.4, 0.5) is 0 Å². The molecule has 2 aromatic heterocycles. The van der Waals surface area contributed by atoms with Gasteiger partial charge in [0.05, 0.1) is 5.75 Å². The zero-order valence-electron chi connectivity index (χ0n) is 13.8. The van der Waals surface area contributed by atoms with Gasteiger partial charge in [-0.25, -0.2) is 4.98 Å².